The average Bonchev–Trinajstić information content (AvgIpc) is 2.10. The largest absolute Gasteiger partial charge is 0.353 e. The van der Waals surface area contributed by atoms with Crippen LogP contribution in [0.5, 0.6) is 0 Å². The van der Waals surface area contributed by atoms with Crippen LogP contribution in [-0.4, -0.2) is 12.5 Å². The van der Waals surface area contributed by atoms with E-state index in [1.54, 1.807) is 0 Å². The first kappa shape index (κ1) is 11.8. The molecule has 0 fully saturated rings. The molecule has 0 saturated carbocycles. The maximum atomic E-state index is 10.6. The molecule has 0 aliphatic rings. The van der Waals surface area contributed by atoms with Gasteiger partial charge < -0.3 is 5.32 Å². The van der Waals surface area contributed by atoms with Gasteiger partial charge in [0.25, 0.3) is 0 Å². The van der Waals surface area contributed by atoms with Crippen LogP contribution in [0.15, 0.2) is 24.3 Å². The fraction of sp³-hybridized carbons (Fsp3) is 0.250. The highest BCUT2D eigenvalue weighted by atomic mass is 35.5. The van der Waals surface area contributed by atoms with Gasteiger partial charge in [0.15, 0.2) is 0 Å². The molecule has 1 aromatic rings. The lowest BCUT2D eigenvalue weighted by atomic mass is 10.1. The smallest absolute Gasteiger partial charge is 0.217 e. The van der Waals surface area contributed by atoms with Gasteiger partial charge in [0.2, 0.25) is 5.91 Å². The summed E-state index contributed by atoms with van der Waals surface area (Å²) >= 11 is 5.91. The normalized spacial score (nSPS) is 10.6. The van der Waals surface area contributed by atoms with E-state index in [2.05, 4.69) is 5.32 Å². The zero-order valence-corrected chi connectivity index (χ0v) is 9.64. The van der Waals surface area contributed by atoms with Crippen molar-refractivity contribution >= 4 is 23.6 Å². The number of aryl methyl sites for hydroxylation is 1. The lowest BCUT2D eigenvalue weighted by Gasteiger charge is -1.99. The number of rotatable bonds is 3. The molecule has 1 rings (SSSR count). The standard InChI is InChI=1S/C12H14ClNO/c1-9-6-11(8-12(13)7-9)4-3-5-14-10(2)15/h3-4,6-8H,5H2,1-2H3,(H,14,15). The van der Waals surface area contributed by atoms with E-state index in [1.165, 1.54) is 6.92 Å². The van der Waals surface area contributed by atoms with E-state index < -0.39 is 0 Å². The van der Waals surface area contributed by atoms with Gasteiger partial charge in [0, 0.05) is 18.5 Å². The van der Waals surface area contributed by atoms with E-state index in [1.807, 2.05) is 37.3 Å². The molecule has 0 spiro atoms. The van der Waals surface area contributed by atoms with Crippen LogP contribution in [-0.2, 0) is 4.79 Å². The number of carbonyl (C=O) groups is 1. The van der Waals surface area contributed by atoms with Gasteiger partial charge in [0.05, 0.1) is 0 Å². The highest BCUT2D eigenvalue weighted by Crippen LogP contribution is 2.15. The van der Waals surface area contributed by atoms with Crippen molar-refractivity contribution in [1.82, 2.24) is 5.32 Å². The van der Waals surface area contributed by atoms with Crippen molar-refractivity contribution in [3.8, 4) is 0 Å². The Hall–Kier alpha value is -1.28. The molecule has 1 amide bonds. The van der Waals surface area contributed by atoms with Crippen LogP contribution in [0, 0.1) is 6.92 Å². The molecule has 0 aliphatic heterocycles. The van der Waals surface area contributed by atoms with Crippen LogP contribution in [0.2, 0.25) is 5.02 Å². The van der Waals surface area contributed by atoms with Gasteiger partial charge >= 0.3 is 0 Å². The Bertz CT molecular complexity index is 365. The van der Waals surface area contributed by atoms with Gasteiger partial charge in [-0.3, -0.25) is 4.79 Å². The fourth-order valence-electron chi connectivity index (χ4n) is 1.26. The van der Waals surface area contributed by atoms with E-state index in [-0.39, 0.29) is 5.91 Å². The second-order valence-electron chi connectivity index (χ2n) is 3.40. The lowest BCUT2D eigenvalue weighted by molar-refractivity contribution is -0.118. The van der Waals surface area contributed by atoms with E-state index in [0.29, 0.717) is 6.54 Å². The summed E-state index contributed by atoms with van der Waals surface area (Å²) in [6.07, 6.45) is 3.83. The van der Waals surface area contributed by atoms with Gasteiger partial charge in [-0.15, -0.1) is 0 Å². The number of nitrogens with one attached hydrogen (secondary N) is 1. The summed E-state index contributed by atoms with van der Waals surface area (Å²) in [5.74, 6) is -0.0260. The molecule has 2 nitrogen and oxygen atoms in total. The average molecular weight is 224 g/mol. The minimum Gasteiger partial charge on any atom is -0.353 e. The summed E-state index contributed by atoms with van der Waals surface area (Å²) in [7, 11) is 0. The third kappa shape index (κ3) is 4.66. The summed E-state index contributed by atoms with van der Waals surface area (Å²) < 4.78 is 0. The second kappa shape index (κ2) is 5.56. The first-order chi connectivity index (χ1) is 7.08. The van der Waals surface area contributed by atoms with Crippen molar-refractivity contribution in [2.24, 2.45) is 0 Å². The third-order valence-electron chi connectivity index (χ3n) is 1.84. The maximum Gasteiger partial charge on any atom is 0.217 e. The molecule has 0 heterocycles. The Balaban J connectivity index is 2.60. The predicted molar refractivity (Wildman–Crippen MR) is 63.9 cm³/mol. The van der Waals surface area contributed by atoms with Crippen LogP contribution in [0.4, 0.5) is 0 Å². The molecule has 0 atom stereocenters. The zero-order chi connectivity index (χ0) is 11.3. The lowest BCUT2D eigenvalue weighted by Crippen LogP contribution is -2.19. The van der Waals surface area contributed by atoms with Crippen LogP contribution in [0.3, 0.4) is 0 Å². The molecule has 3 heteroatoms. The van der Waals surface area contributed by atoms with Crippen molar-refractivity contribution in [2.45, 2.75) is 13.8 Å². The van der Waals surface area contributed by atoms with Gasteiger partial charge in [-0.25, -0.2) is 0 Å². The van der Waals surface area contributed by atoms with Crippen molar-refractivity contribution < 1.29 is 4.79 Å². The number of benzene rings is 1. The Morgan fingerprint density at radius 3 is 2.80 bits per heavy atom. The van der Waals surface area contributed by atoms with E-state index in [9.17, 15) is 4.79 Å². The van der Waals surface area contributed by atoms with Crippen molar-refractivity contribution in [2.75, 3.05) is 6.54 Å². The summed E-state index contributed by atoms with van der Waals surface area (Å²) in [5, 5.41) is 3.42. The Morgan fingerprint density at radius 2 is 2.20 bits per heavy atom. The molecule has 0 radical (unpaired) electrons. The third-order valence-corrected chi connectivity index (χ3v) is 2.06. The Labute approximate surface area is 94.9 Å². The minimum atomic E-state index is -0.0260. The van der Waals surface area contributed by atoms with E-state index in [4.69, 9.17) is 11.6 Å². The summed E-state index contributed by atoms with van der Waals surface area (Å²) in [6.45, 7) is 4.04. The van der Waals surface area contributed by atoms with Gasteiger partial charge in [-0.1, -0.05) is 29.8 Å². The fourth-order valence-corrected chi connectivity index (χ4v) is 1.56. The molecule has 0 aromatic heterocycles. The number of halogens is 1. The molecule has 1 aromatic carbocycles. The summed E-state index contributed by atoms with van der Waals surface area (Å²) in [5.41, 5.74) is 2.17. The van der Waals surface area contributed by atoms with Crippen LogP contribution in [0.25, 0.3) is 6.08 Å². The quantitative estimate of drug-likeness (QED) is 0.839. The van der Waals surface area contributed by atoms with Crippen molar-refractivity contribution in [3.05, 3.63) is 40.4 Å². The molecule has 0 aliphatic carbocycles. The zero-order valence-electron chi connectivity index (χ0n) is 8.88. The molecule has 0 unspecified atom stereocenters. The molecular formula is C12H14ClNO. The van der Waals surface area contributed by atoms with Gasteiger partial charge in [0.1, 0.15) is 0 Å². The highest BCUT2D eigenvalue weighted by molar-refractivity contribution is 6.30. The minimum absolute atomic E-state index is 0.0260. The van der Waals surface area contributed by atoms with Gasteiger partial charge in [-0.2, -0.15) is 0 Å². The number of amides is 1. The molecule has 0 bridgehead atoms. The van der Waals surface area contributed by atoms with E-state index in [0.717, 1.165) is 16.1 Å². The topological polar surface area (TPSA) is 29.1 Å². The first-order valence-corrected chi connectivity index (χ1v) is 5.14. The second-order valence-corrected chi connectivity index (χ2v) is 3.84. The molecule has 80 valence electrons. The SMILES string of the molecule is CC(=O)NCC=Cc1cc(C)cc(Cl)c1. The van der Waals surface area contributed by atoms with Gasteiger partial charge in [-0.05, 0) is 30.2 Å². The van der Waals surface area contributed by atoms with Crippen molar-refractivity contribution in [1.29, 1.82) is 0 Å². The summed E-state index contributed by atoms with van der Waals surface area (Å²) in [6, 6.07) is 5.84. The maximum absolute atomic E-state index is 10.6. The number of hydrogen-bond acceptors (Lipinski definition) is 1. The van der Waals surface area contributed by atoms with Crippen LogP contribution in [0.1, 0.15) is 18.1 Å². The number of carbonyl (C=O) groups excluding carboxylic acids is 1. The van der Waals surface area contributed by atoms with Crippen LogP contribution < -0.4 is 5.32 Å². The molecule has 1 N–H and O–H groups in total. The Kier molecular flexibility index (Phi) is 4.37. The molecular weight excluding hydrogens is 210 g/mol. The van der Waals surface area contributed by atoms with Crippen LogP contribution >= 0.6 is 11.6 Å². The first-order valence-electron chi connectivity index (χ1n) is 4.76. The predicted octanol–water partition coefficient (Wildman–Crippen LogP) is 2.80. The number of hydrogen-bond donors (Lipinski definition) is 1. The molecule has 0 saturated heterocycles. The molecule has 15 heavy (non-hydrogen) atoms. The monoisotopic (exact) mass is 223 g/mol. The van der Waals surface area contributed by atoms with E-state index >= 15 is 0 Å². The Morgan fingerprint density at radius 1 is 1.47 bits per heavy atom. The van der Waals surface area contributed by atoms with Crippen molar-refractivity contribution in [3.63, 3.8) is 0 Å². The highest BCUT2D eigenvalue weighted by Gasteiger charge is 1.93. The summed E-state index contributed by atoms with van der Waals surface area (Å²) in [4.78, 5) is 10.6.